The van der Waals surface area contributed by atoms with E-state index in [0.29, 0.717) is 13.2 Å². The lowest BCUT2D eigenvalue weighted by molar-refractivity contribution is 0.302. The van der Waals surface area contributed by atoms with Crippen LogP contribution in [0, 0.1) is 6.92 Å². The predicted molar refractivity (Wildman–Crippen MR) is 106 cm³/mol. The van der Waals surface area contributed by atoms with E-state index < -0.39 is 0 Å². The topological polar surface area (TPSA) is 44.1 Å². The molecule has 4 rings (SSSR count). The van der Waals surface area contributed by atoms with Crippen LogP contribution in [0.2, 0.25) is 0 Å². The first-order chi connectivity index (χ1) is 12.7. The molecule has 0 saturated carbocycles. The summed E-state index contributed by atoms with van der Waals surface area (Å²) >= 11 is 1.72. The van der Waals surface area contributed by atoms with Crippen molar-refractivity contribution < 1.29 is 4.74 Å². The molecular formula is C21H24N2O2S. The number of ether oxygens (including phenoxy) is 1. The van der Waals surface area contributed by atoms with Gasteiger partial charge in [-0.3, -0.25) is 9.36 Å². The van der Waals surface area contributed by atoms with Gasteiger partial charge in [0, 0.05) is 11.4 Å². The van der Waals surface area contributed by atoms with Gasteiger partial charge < -0.3 is 4.74 Å². The van der Waals surface area contributed by atoms with E-state index in [0.717, 1.165) is 47.5 Å². The molecule has 1 aliphatic carbocycles. The minimum atomic E-state index is 0.149. The number of aromatic nitrogens is 2. The molecule has 2 heterocycles. The van der Waals surface area contributed by atoms with Crippen molar-refractivity contribution >= 4 is 21.6 Å². The smallest absolute Gasteiger partial charge is 0.262 e. The lowest BCUT2D eigenvalue weighted by Gasteiger charge is -2.12. The SMILES string of the molecule is Cc1nc2sc3c(c2c(=O)n1CCCCOc1ccccc1)CCCC3. The zero-order valence-corrected chi connectivity index (χ0v) is 16.0. The molecule has 0 spiro atoms. The Bertz CT molecular complexity index is 960. The van der Waals surface area contributed by atoms with Crippen molar-refractivity contribution in [1.82, 2.24) is 9.55 Å². The van der Waals surface area contributed by atoms with E-state index in [1.807, 2.05) is 41.8 Å². The first-order valence-corrected chi connectivity index (χ1v) is 10.3. The molecule has 0 amide bonds. The highest BCUT2D eigenvalue weighted by molar-refractivity contribution is 7.18. The number of nitrogens with zero attached hydrogens (tertiary/aromatic N) is 2. The second-order valence-corrected chi connectivity index (χ2v) is 7.96. The Morgan fingerprint density at radius 3 is 2.81 bits per heavy atom. The summed E-state index contributed by atoms with van der Waals surface area (Å²) in [6.45, 7) is 3.32. The van der Waals surface area contributed by atoms with E-state index in [-0.39, 0.29) is 5.56 Å². The largest absolute Gasteiger partial charge is 0.494 e. The highest BCUT2D eigenvalue weighted by Gasteiger charge is 2.20. The van der Waals surface area contributed by atoms with Gasteiger partial charge in [-0.05, 0) is 63.1 Å². The number of rotatable bonds is 6. The molecule has 5 heteroatoms. The van der Waals surface area contributed by atoms with Crippen molar-refractivity contribution in [3.63, 3.8) is 0 Å². The van der Waals surface area contributed by atoms with Crippen molar-refractivity contribution in [1.29, 1.82) is 0 Å². The fourth-order valence-electron chi connectivity index (χ4n) is 3.68. The number of benzene rings is 1. The van der Waals surface area contributed by atoms with Crippen LogP contribution in [-0.2, 0) is 19.4 Å². The molecule has 1 aliphatic rings. The maximum atomic E-state index is 13.1. The third kappa shape index (κ3) is 3.40. The summed E-state index contributed by atoms with van der Waals surface area (Å²) in [5, 5.41) is 0.885. The summed E-state index contributed by atoms with van der Waals surface area (Å²) in [5.41, 5.74) is 1.42. The van der Waals surface area contributed by atoms with Crippen LogP contribution < -0.4 is 10.3 Å². The molecule has 2 aromatic heterocycles. The molecule has 0 radical (unpaired) electrons. The van der Waals surface area contributed by atoms with Crippen LogP contribution in [0.15, 0.2) is 35.1 Å². The second-order valence-electron chi connectivity index (χ2n) is 6.88. The molecule has 0 aliphatic heterocycles. The minimum Gasteiger partial charge on any atom is -0.494 e. The molecule has 0 saturated heterocycles. The van der Waals surface area contributed by atoms with E-state index in [2.05, 4.69) is 0 Å². The monoisotopic (exact) mass is 368 g/mol. The number of para-hydroxylation sites is 1. The second kappa shape index (κ2) is 7.62. The molecule has 136 valence electrons. The Morgan fingerprint density at radius 2 is 1.96 bits per heavy atom. The van der Waals surface area contributed by atoms with E-state index in [1.54, 1.807) is 11.3 Å². The summed E-state index contributed by atoms with van der Waals surface area (Å²) in [6, 6.07) is 9.86. The van der Waals surface area contributed by atoms with Gasteiger partial charge in [-0.2, -0.15) is 0 Å². The molecule has 26 heavy (non-hydrogen) atoms. The number of hydrogen-bond donors (Lipinski definition) is 0. The Hall–Kier alpha value is -2.14. The zero-order chi connectivity index (χ0) is 17.9. The van der Waals surface area contributed by atoms with Gasteiger partial charge in [0.15, 0.2) is 0 Å². The first-order valence-electron chi connectivity index (χ1n) is 9.43. The van der Waals surface area contributed by atoms with Crippen LogP contribution in [0.4, 0.5) is 0 Å². The minimum absolute atomic E-state index is 0.149. The average Bonchev–Trinajstić information content (AvgIpc) is 3.02. The molecule has 0 atom stereocenters. The van der Waals surface area contributed by atoms with Crippen LogP contribution in [-0.4, -0.2) is 16.2 Å². The van der Waals surface area contributed by atoms with Gasteiger partial charge in [0.1, 0.15) is 16.4 Å². The standard InChI is InChI=1S/C21H24N2O2S/c1-15-22-20-19(17-11-5-6-12-18(17)26-20)21(24)23(15)13-7-8-14-25-16-9-3-2-4-10-16/h2-4,9-10H,5-8,11-14H2,1H3. The molecular weight excluding hydrogens is 344 g/mol. The van der Waals surface area contributed by atoms with Gasteiger partial charge in [0.2, 0.25) is 0 Å². The summed E-state index contributed by atoms with van der Waals surface area (Å²) in [6.07, 6.45) is 6.37. The summed E-state index contributed by atoms with van der Waals surface area (Å²) in [7, 11) is 0. The van der Waals surface area contributed by atoms with Gasteiger partial charge in [-0.15, -0.1) is 11.3 Å². The van der Waals surface area contributed by atoms with Crippen molar-refractivity contribution in [2.45, 2.75) is 52.0 Å². The Kier molecular flexibility index (Phi) is 5.07. The van der Waals surface area contributed by atoms with E-state index in [4.69, 9.17) is 9.72 Å². The molecule has 1 aromatic carbocycles. The van der Waals surface area contributed by atoms with Gasteiger partial charge in [-0.25, -0.2) is 4.98 Å². The molecule has 0 fully saturated rings. The summed E-state index contributed by atoms with van der Waals surface area (Å²) in [4.78, 5) is 20.1. The average molecular weight is 369 g/mol. The number of unbranched alkanes of at least 4 members (excludes halogenated alkanes) is 1. The third-order valence-corrected chi connectivity index (χ3v) is 6.24. The highest BCUT2D eigenvalue weighted by atomic mass is 32.1. The Morgan fingerprint density at radius 1 is 1.15 bits per heavy atom. The first kappa shape index (κ1) is 17.3. The van der Waals surface area contributed by atoms with Crippen LogP contribution in [0.5, 0.6) is 5.75 Å². The number of hydrogen-bond acceptors (Lipinski definition) is 4. The van der Waals surface area contributed by atoms with E-state index in [1.165, 1.54) is 23.3 Å². The number of fused-ring (bicyclic) bond motifs is 3. The van der Waals surface area contributed by atoms with Crippen LogP contribution >= 0.6 is 11.3 Å². The van der Waals surface area contributed by atoms with Gasteiger partial charge in [0.05, 0.1) is 12.0 Å². The third-order valence-electron chi connectivity index (χ3n) is 5.05. The lowest BCUT2D eigenvalue weighted by atomic mass is 9.97. The summed E-state index contributed by atoms with van der Waals surface area (Å²) in [5.74, 6) is 1.72. The van der Waals surface area contributed by atoms with Crippen molar-refractivity contribution in [3.8, 4) is 5.75 Å². The molecule has 0 unspecified atom stereocenters. The Labute approximate surface area is 157 Å². The van der Waals surface area contributed by atoms with Gasteiger partial charge >= 0.3 is 0 Å². The van der Waals surface area contributed by atoms with Gasteiger partial charge in [0.25, 0.3) is 5.56 Å². The quantitative estimate of drug-likeness (QED) is 0.602. The normalized spacial score (nSPS) is 13.7. The molecule has 3 aromatic rings. The van der Waals surface area contributed by atoms with Crippen molar-refractivity contribution in [3.05, 3.63) is 57.0 Å². The maximum Gasteiger partial charge on any atom is 0.262 e. The number of thiophene rings is 1. The van der Waals surface area contributed by atoms with Crippen molar-refractivity contribution in [2.75, 3.05) is 6.61 Å². The van der Waals surface area contributed by atoms with Crippen LogP contribution in [0.25, 0.3) is 10.2 Å². The van der Waals surface area contributed by atoms with Crippen LogP contribution in [0.1, 0.15) is 41.9 Å². The highest BCUT2D eigenvalue weighted by Crippen LogP contribution is 2.33. The lowest BCUT2D eigenvalue weighted by Crippen LogP contribution is -2.24. The number of aryl methyl sites for hydroxylation is 3. The fraction of sp³-hybridized carbons (Fsp3) is 0.429. The summed E-state index contributed by atoms with van der Waals surface area (Å²) < 4.78 is 7.59. The van der Waals surface area contributed by atoms with Crippen molar-refractivity contribution in [2.24, 2.45) is 0 Å². The van der Waals surface area contributed by atoms with E-state index >= 15 is 0 Å². The molecule has 0 bridgehead atoms. The molecule has 4 nitrogen and oxygen atoms in total. The Balaban J connectivity index is 1.45. The fourth-order valence-corrected chi connectivity index (χ4v) is 4.98. The maximum absolute atomic E-state index is 13.1. The predicted octanol–water partition coefficient (Wildman–Crippen LogP) is 4.50. The molecule has 0 N–H and O–H groups in total. The van der Waals surface area contributed by atoms with E-state index in [9.17, 15) is 4.79 Å². The zero-order valence-electron chi connectivity index (χ0n) is 15.2. The van der Waals surface area contributed by atoms with Gasteiger partial charge in [-0.1, -0.05) is 18.2 Å². The van der Waals surface area contributed by atoms with Crippen LogP contribution in [0.3, 0.4) is 0 Å².